The van der Waals surface area contributed by atoms with E-state index in [2.05, 4.69) is 25.7 Å². The van der Waals surface area contributed by atoms with Crippen molar-refractivity contribution in [2.24, 2.45) is 5.92 Å². The first-order valence-corrected chi connectivity index (χ1v) is 12.1. The molecule has 184 valence electrons. The monoisotopic (exact) mass is 494 g/mol. The molecule has 1 aliphatic carbocycles. The van der Waals surface area contributed by atoms with Crippen LogP contribution in [0.15, 0.2) is 73.1 Å². The fraction of sp³-hybridized carbons (Fsp3) is 0.179. The molecule has 37 heavy (non-hydrogen) atoms. The van der Waals surface area contributed by atoms with Gasteiger partial charge in [-0.1, -0.05) is 12.1 Å². The van der Waals surface area contributed by atoms with Crippen LogP contribution in [0.2, 0.25) is 0 Å². The Balaban J connectivity index is 1.24. The molecule has 3 aromatic heterocycles. The van der Waals surface area contributed by atoms with E-state index in [0.29, 0.717) is 16.8 Å². The van der Waals surface area contributed by atoms with E-state index in [-0.39, 0.29) is 35.5 Å². The highest BCUT2D eigenvalue weighted by Crippen LogP contribution is 2.30. The predicted octanol–water partition coefficient (Wildman–Crippen LogP) is 4.92. The normalized spacial score (nSPS) is 14.0. The molecule has 0 aliphatic heterocycles. The van der Waals surface area contributed by atoms with E-state index in [1.54, 1.807) is 47.2 Å². The van der Waals surface area contributed by atoms with Crippen molar-refractivity contribution in [1.82, 2.24) is 24.9 Å². The van der Waals surface area contributed by atoms with Crippen LogP contribution in [0.3, 0.4) is 0 Å². The fourth-order valence-corrected chi connectivity index (χ4v) is 4.24. The summed E-state index contributed by atoms with van der Waals surface area (Å²) >= 11 is 0. The lowest BCUT2D eigenvalue weighted by Gasteiger charge is -2.15. The van der Waals surface area contributed by atoms with Gasteiger partial charge in [-0.15, -0.1) is 5.10 Å². The second-order valence-electron chi connectivity index (χ2n) is 9.30. The van der Waals surface area contributed by atoms with E-state index in [0.717, 1.165) is 34.9 Å². The third-order valence-corrected chi connectivity index (χ3v) is 6.49. The average Bonchev–Trinajstić information content (AvgIpc) is 3.68. The number of nitrogens with one attached hydrogen (secondary N) is 2. The van der Waals surface area contributed by atoms with Gasteiger partial charge in [0.2, 0.25) is 11.9 Å². The summed E-state index contributed by atoms with van der Waals surface area (Å²) < 4.78 is 15.2. The van der Waals surface area contributed by atoms with Gasteiger partial charge >= 0.3 is 0 Å². The Morgan fingerprint density at radius 2 is 1.92 bits per heavy atom. The lowest BCUT2D eigenvalue weighted by Crippen LogP contribution is -2.26. The summed E-state index contributed by atoms with van der Waals surface area (Å²) in [5.41, 5.74) is 4.27. The summed E-state index contributed by atoms with van der Waals surface area (Å²) in [6.07, 6.45) is 5.37. The summed E-state index contributed by atoms with van der Waals surface area (Å²) in [5, 5.41) is 10.8. The van der Waals surface area contributed by atoms with Crippen LogP contribution in [0.4, 0.5) is 10.3 Å². The lowest BCUT2D eigenvalue weighted by molar-refractivity contribution is -0.117. The molecule has 9 heteroatoms. The maximum atomic E-state index is 13.6. The second kappa shape index (κ2) is 9.09. The van der Waals surface area contributed by atoms with Crippen LogP contribution in [-0.2, 0) is 4.79 Å². The van der Waals surface area contributed by atoms with Crippen molar-refractivity contribution in [3.63, 3.8) is 0 Å². The molecule has 0 unspecified atom stereocenters. The molecule has 1 aliphatic rings. The highest BCUT2D eigenvalue weighted by atomic mass is 19.1. The van der Waals surface area contributed by atoms with Crippen molar-refractivity contribution in [1.29, 1.82) is 0 Å². The van der Waals surface area contributed by atoms with Crippen molar-refractivity contribution in [2.75, 3.05) is 5.32 Å². The first-order chi connectivity index (χ1) is 17.9. The number of benzene rings is 2. The van der Waals surface area contributed by atoms with Gasteiger partial charge in [0.25, 0.3) is 5.91 Å². The molecule has 0 spiro atoms. The SMILES string of the molecule is C[C@H](NC(=O)c1ccc2ncc(-c3ccn4nc(NC(=O)C5CC5)nc4c3)cc2c1)c1cccc(F)c1. The van der Waals surface area contributed by atoms with Crippen molar-refractivity contribution >= 4 is 34.3 Å². The largest absolute Gasteiger partial charge is 0.346 e. The first-order valence-electron chi connectivity index (χ1n) is 12.1. The standard InChI is InChI=1S/C28H23FN6O2/c1-16(18-3-2-4-23(29)13-18)31-27(37)20-7-8-24-21(11-20)12-22(15-30-24)19-9-10-35-25(14-19)32-28(34-35)33-26(36)17-5-6-17/h2-4,7-17H,5-6H2,1H3,(H,31,37)(H,33,34,36)/t16-/m0/s1. The van der Waals surface area contributed by atoms with Crippen molar-refractivity contribution in [3.05, 3.63) is 90.0 Å². The molecule has 8 nitrogen and oxygen atoms in total. The molecule has 2 N–H and O–H groups in total. The minimum Gasteiger partial charge on any atom is -0.346 e. The summed E-state index contributed by atoms with van der Waals surface area (Å²) in [7, 11) is 0. The number of aromatic nitrogens is 4. The number of amides is 2. The number of anilines is 1. The summed E-state index contributed by atoms with van der Waals surface area (Å²) in [5.74, 6) is -0.280. The van der Waals surface area contributed by atoms with Crippen LogP contribution in [0, 0.1) is 11.7 Å². The summed E-state index contributed by atoms with van der Waals surface area (Å²) in [6.45, 7) is 1.82. The number of pyridine rings is 2. The summed E-state index contributed by atoms with van der Waals surface area (Å²) in [6, 6.07) is 16.9. The average molecular weight is 495 g/mol. The maximum absolute atomic E-state index is 13.6. The number of fused-ring (bicyclic) bond motifs is 2. The van der Waals surface area contributed by atoms with Crippen LogP contribution < -0.4 is 10.6 Å². The highest BCUT2D eigenvalue weighted by Gasteiger charge is 2.30. The molecule has 5 aromatic rings. The Kier molecular flexibility index (Phi) is 5.60. The highest BCUT2D eigenvalue weighted by molar-refractivity contribution is 5.98. The zero-order chi connectivity index (χ0) is 25.5. The maximum Gasteiger partial charge on any atom is 0.251 e. The van der Waals surface area contributed by atoms with Gasteiger partial charge in [-0.2, -0.15) is 4.98 Å². The molecule has 2 aromatic carbocycles. The van der Waals surface area contributed by atoms with E-state index in [9.17, 15) is 14.0 Å². The van der Waals surface area contributed by atoms with E-state index < -0.39 is 0 Å². The Hall–Kier alpha value is -4.66. The van der Waals surface area contributed by atoms with Gasteiger partial charge in [0.1, 0.15) is 5.82 Å². The molecular weight excluding hydrogens is 471 g/mol. The number of hydrogen-bond donors (Lipinski definition) is 2. The van der Waals surface area contributed by atoms with E-state index in [4.69, 9.17) is 0 Å². The molecule has 1 fully saturated rings. The molecule has 1 saturated carbocycles. The van der Waals surface area contributed by atoms with Crippen molar-refractivity contribution < 1.29 is 14.0 Å². The third kappa shape index (κ3) is 4.75. The van der Waals surface area contributed by atoms with Gasteiger partial charge in [-0.25, -0.2) is 8.91 Å². The van der Waals surface area contributed by atoms with E-state index in [1.165, 1.54) is 12.1 Å². The van der Waals surface area contributed by atoms with E-state index >= 15 is 0 Å². The molecular formula is C28H23FN6O2. The van der Waals surface area contributed by atoms with Gasteiger partial charge in [-0.3, -0.25) is 19.9 Å². The molecule has 2 amide bonds. The molecule has 6 rings (SSSR count). The Bertz CT molecular complexity index is 1680. The fourth-order valence-electron chi connectivity index (χ4n) is 4.24. The third-order valence-electron chi connectivity index (χ3n) is 6.49. The quantitative estimate of drug-likeness (QED) is 0.349. The number of hydrogen-bond acceptors (Lipinski definition) is 5. The zero-order valence-corrected chi connectivity index (χ0v) is 20.0. The molecule has 0 radical (unpaired) electrons. The zero-order valence-electron chi connectivity index (χ0n) is 20.0. The van der Waals surface area contributed by atoms with Crippen LogP contribution in [0.25, 0.3) is 27.7 Å². The Labute approximate surface area is 211 Å². The van der Waals surface area contributed by atoms with Gasteiger partial charge in [0.05, 0.1) is 11.6 Å². The van der Waals surface area contributed by atoms with Gasteiger partial charge < -0.3 is 5.32 Å². The second-order valence-corrected chi connectivity index (χ2v) is 9.30. The smallest absolute Gasteiger partial charge is 0.251 e. The molecule has 3 heterocycles. The summed E-state index contributed by atoms with van der Waals surface area (Å²) in [4.78, 5) is 33.9. The predicted molar refractivity (Wildman–Crippen MR) is 137 cm³/mol. The Morgan fingerprint density at radius 3 is 2.73 bits per heavy atom. The topological polar surface area (TPSA) is 101 Å². The number of carbonyl (C=O) groups excluding carboxylic acids is 2. The van der Waals surface area contributed by atoms with Crippen LogP contribution in [0.5, 0.6) is 0 Å². The number of rotatable bonds is 6. The van der Waals surface area contributed by atoms with Gasteiger partial charge in [0.15, 0.2) is 5.65 Å². The van der Waals surface area contributed by atoms with Gasteiger partial charge in [-0.05, 0) is 79.4 Å². The minimum atomic E-state index is -0.350. The van der Waals surface area contributed by atoms with Crippen LogP contribution in [0.1, 0.15) is 41.7 Å². The molecule has 1 atom stereocenters. The molecule has 0 bridgehead atoms. The van der Waals surface area contributed by atoms with Crippen molar-refractivity contribution in [2.45, 2.75) is 25.8 Å². The molecule has 0 saturated heterocycles. The van der Waals surface area contributed by atoms with Crippen LogP contribution >= 0.6 is 0 Å². The number of carbonyl (C=O) groups is 2. The van der Waals surface area contributed by atoms with Gasteiger partial charge in [0, 0.05) is 34.8 Å². The number of nitrogens with zero attached hydrogens (tertiary/aromatic N) is 4. The minimum absolute atomic E-state index is 0.0416. The number of halogens is 1. The van der Waals surface area contributed by atoms with E-state index in [1.807, 2.05) is 25.1 Å². The Morgan fingerprint density at radius 1 is 1.05 bits per heavy atom. The van der Waals surface area contributed by atoms with Crippen molar-refractivity contribution in [3.8, 4) is 11.1 Å². The van der Waals surface area contributed by atoms with Crippen LogP contribution in [-0.4, -0.2) is 31.4 Å². The first kappa shape index (κ1) is 22.8. The lowest BCUT2D eigenvalue weighted by atomic mass is 10.0.